The first kappa shape index (κ1) is 15.0. The van der Waals surface area contributed by atoms with Gasteiger partial charge in [0, 0.05) is 11.6 Å². The van der Waals surface area contributed by atoms with Gasteiger partial charge in [0.2, 0.25) is 0 Å². The lowest BCUT2D eigenvalue weighted by Crippen LogP contribution is -2.48. The average Bonchev–Trinajstić information content (AvgIpc) is 2.86. The molecule has 2 aromatic heterocycles. The molecule has 0 unspecified atom stereocenters. The molecule has 1 amide bonds. The predicted octanol–water partition coefficient (Wildman–Crippen LogP) is 0.979. The van der Waals surface area contributed by atoms with E-state index in [4.69, 9.17) is 0 Å². The van der Waals surface area contributed by atoms with Crippen molar-refractivity contribution in [2.24, 2.45) is 0 Å². The summed E-state index contributed by atoms with van der Waals surface area (Å²) in [6.07, 6.45) is 3.35. The first-order chi connectivity index (χ1) is 9.39. The quantitative estimate of drug-likeness (QED) is 0.649. The molecule has 2 rings (SSSR count). The standard InChI is InChI=1S/C12H15N3O3S2/c1-12(2,6-16)14-8(17)7-9(19-3)13-11-15(10(7)18)4-5-20-11/h4-5,16H,6H2,1-3H3,(H,14,17). The molecule has 0 bridgehead atoms. The fourth-order valence-corrected chi connectivity index (χ4v) is 2.94. The Hall–Kier alpha value is -1.38. The predicted molar refractivity (Wildman–Crippen MR) is 79.8 cm³/mol. The van der Waals surface area contributed by atoms with E-state index in [0.717, 1.165) is 0 Å². The average molecular weight is 313 g/mol. The Balaban J connectivity index is 2.55. The van der Waals surface area contributed by atoms with E-state index >= 15 is 0 Å². The van der Waals surface area contributed by atoms with E-state index in [2.05, 4.69) is 10.3 Å². The van der Waals surface area contributed by atoms with Crippen LogP contribution in [-0.4, -0.2) is 38.8 Å². The van der Waals surface area contributed by atoms with Gasteiger partial charge in [-0.25, -0.2) is 4.98 Å². The molecule has 0 radical (unpaired) electrons. The molecule has 0 aliphatic carbocycles. The van der Waals surface area contributed by atoms with Crippen LogP contribution >= 0.6 is 23.1 Å². The Kier molecular flexibility index (Phi) is 4.17. The molecular weight excluding hydrogens is 298 g/mol. The number of carbonyl (C=O) groups is 1. The molecule has 0 atom stereocenters. The third-order valence-electron chi connectivity index (χ3n) is 2.70. The molecule has 0 aliphatic heterocycles. The number of fused-ring (bicyclic) bond motifs is 1. The summed E-state index contributed by atoms with van der Waals surface area (Å²) in [5.74, 6) is -0.522. The van der Waals surface area contributed by atoms with Crippen molar-refractivity contribution in [3.63, 3.8) is 0 Å². The van der Waals surface area contributed by atoms with Crippen LogP contribution in [0.4, 0.5) is 0 Å². The molecule has 108 valence electrons. The maximum Gasteiger partial charge on any atom is 0.272 e. The fourth-order valence-electron chi connectivity index (χ4n) is 1.61. The number of aliphatic hydroxyl groups is 1. The lowest BCUT2D eigenvalue weighted by Gasteiger charge is -2.23. The monoisotopic (exact) mass is 313 g/mol. The number of nitrogens with one attached hydrogen (secondary N) is 1. The van der Waals surface area contributed by atoms with Gasteiger partial charge < -0.3 is 10.4 Å². The Morgan fingerprint density at radius 1 is 1.60 bits per heavy atom. The SMILES string of the molecule is CSc1nc2sccn2c(=O)c1C(=O)NC(C)(C)CO. The van der Waals surface area contributed by atoms with Crippen LogP contribution in [-0.2, 0) is 0 Å². The van der Waals surface area contributed by atoms with E-state index in [1.54, 1.807) is 31.7 Å². The second-order valence-electron chi connectivity index (χ2n) is 4.85. The molecule has 8 heteroatoms. The summed E-state index contributed by atoms with van der Waals surface area (Å²) in [5, 5.41) is 14.0. The zero-order valence-corrected chi connectivity index (χ0v) is 13.0. The van der Waals surface area contributed by atoms with Crippen molar-refractivity contribution < 1.29 is 9.90 Å². The maximum absolute atomic E-state index is 12.4. The van der Waals surface area contributed by atoms with Gasteiger partial charge in [0.15, 0.2) is 4.96 Å². The van der Waals surface area contributed by atoms with Gasteiger partial charge in [0.1, 0.15) is 10.6 Å². The molecule has 6 nitrogen and oxygen atoms in total. The summed E-state index contributed by atoms with van der Waals surface area (Å²) in [5.41, 5.74) is -1.19. The van der Waals surface area contributed by atoms with Crippen molar-refractivity contribution in [1.82, 2.24) is 14.7 Å². The number of aromatic nitrogens is 2. The van der Waals surface area contributed by atoms with Crippen LogP contribution in [0, 0.1) is 0 Å². The summed E-state index contributed by atoms with van der Waals surface area (Å²) in [4.78, 5) is 29.5. The summed E-state index contributed by atoms with van der Waals surface area (Å²) < 4.78 is 1.35. The van der Waals surface area contributed by atoms with Crippen molar-refractivity contribution in [1.29, 1.82) is 0 Å². The van der Waals surface area contributed by atoms with Gasteiger partial charge in [-0.3, -0.25) is 14.0 Å². The van der Waals surface area contributed by atoms with Crippen molar-refractivity contribution >= 4 is 34.0 Å². The second kappa shape index (κ2) is 5.55. The second-order valence-corrected chi connectivity index (χ2v) is 6.52. The smallest absolute Gasteiger partial charge is 0.272 e. The van der Waals surface area contributed by atoms with Crippen LogP contribution in [0.25, 0.3) is 4.96 Å². The maximum atomic E-state index is 12.4. The van der Waals surface area contributed by atoms with Gasteiger partial charge in [0.25, 0.3) is 11.5 Å². The third-order valence-corrected chi connectivity index (χ3v) is 4.14. The van der Waals surface area contributed by atoms with E-state index in [1.807, 2.05) is 0 Å². The molecule has 0 spiro atoms. The Morgan fingerprint density at radius 3 is 2.90 bits per heavy atom. The first-order valence-corrected chi connectivity index (χ1v) is 7.97. The minimum absolute atomic E-state index is 0.00919. The molecule has 0 saturated heterocycles. The van der Waals surface area contributed by atoms with Crippen LogP contribution in [0.15, 0.2) is 21.4 Å². The highest BCUT2D eigenvalue weighted by Gasteiger charge is 2.25. The highest BCUT2D eigenvalue weighted by atomic mass is 32.2. The Labute approximate surface area is 123 Å². The fraction of sp³-hybridized carbons (Fsp3) is 0.417. The van der Waals surface area contributed by atoms with Gasteiger partial charge in [0.05, 0.1) is 12.1 Å². The lowest BCUT2D eigenvalue weighted by atomic mass is 10.1. The number of amides is 1. The number of thioether (sulfide) groups is 1. The number of nitrogens with zero attached hydrogens (tertiary/aromatic N) is 2. The zero-order valence-electron chi connectivity index (χ0n) is 11.3. The van der Waals surface area contributed by atoms with Gasteiger partial charge in [-0.15, -0.1) is 23.1 Å². The topological polar surface area (TPSA) is 83.7 Å². The first-order valence-electron chi connectivity index (χ1n) is 5.87. The summed E-state index contributed by atoms with van der Waals surface area (Å²) in [6.45, 7) is 3.14. The van der Waals surface area contributed by atoms with E-state index in [9.17, 15) is 14.7 Å². The lowest BCUT2D eigenvalue weighted by molar-refractivity contribution is 0.0864. The van der Waals surface area contributed by atoms with Crippen molar-refractivity contribution in [3.8, 4) is 0 Å². The highest BCUT2D eigenvalue weighted by Crippen LogP contribution is 2.18. The van der Waals surface area contributed by atoms with Gasteiger partial charge >= 0.3 is 0 Å². The van der Waals surface area contributed by atoms with Crippen LogP contribution in [0.1, 0.15) is 24.2 Å². The summed E-state index contributed by atoms with van der Waals surface area (Å²) in [6, 6.07) is 0. The van der Waals surface area contributed by atoms with E-state index in [0.29, 0.717) is 9.99 Å². The molecule has 2 heterocycles. The number of hydrogen-bond donors (Lipinski definition) is 2. The molecule has 0 aliphatic rings. The van der Waals surface area contributed by atoms with Gasteiger partial charge in [-0.2, -0.15) is 0 Å². The molecule has 20 heavy (non-hydrogen) atoms. The third kappa shape index (κ3) is 2.72. The summed E-state index contributed by atoms with van der Waals surface area (Å²) in [7, 11) is 0. The van der Waals surface area contributed by atoms with Gasteiger partial charge in [-0.05, 0) is 20.1 Å². The van der Waals surface area contributed by atoms with Crippen molar-refractivity contribution in [3.05, 3.63) is 27.5 Å². The largest absolute Gasteiger partial charge is 0.394 e. The number of rotatable bonds is 4. The molecule has 2 aromatic rings. The zero-order chi connectivity index (χ0) is 14.9. The minimum atomic E-state index is -0.798. The normalized spacial score (nSPS) is 11.8. The van der Waals surface area contributed by atoms with E-state index in [1.165, 1.54) is 27.5 Å². The van der Waals surface area contributed by atoms with Crippen LogP contribution < -0.4 is 10.9 Å². The van der Waals surface area contributed by atoms with Crippen molar-refractivity contribution in [2.45, 2.75) is 24.4 Å². The minimum Gasteiger partial charge on any atom is -0.394 e. The van der Waals surface area contributed by atoms with Gasteiger partial charge in [-0.1, -0.05) is 0 Å². The number of thiazole rings is 1. The molecular formula is C12H15N3O3S2. The number of hydrogen-bond acceptors (Lipinski definition) is 6. The molecule has 0 aromatic carbocycles. The summed E-state index contributed by atoms with van der Waals surface area (Å²) >= 11 is 2.58. The van der Waals surface area contributed by atoms with Crippen LogP contribution in [0.5, 0.6) is 0 Å². The molecule has 2 N–H and O–H groups in total. The van der Waals surface area contributed by atoms with Crippen molar-refractivity contribution in [2.75, 3.05) is 12.9 Å². The van der Waals surface area contributed by atoms with Crippen LogP contribution in [0.3, 0.4) is 0 Å². The molecule has 0 fully saturated rings. The Morgan fingerprint density at radius 2 is 2.30 bits per heavy atom. The number of aliphatic hydroxyl groups excluding tert-OH is 1. The molecule has 0 saturated carbocycles. The highest BCUT2D eigenvalue weighted by molar-refractivity contribution is 7.98. The van der Waals surface area contributed by atoms with E-state index in [-0.39, 0.29) is 12.2 Å². The Bertz CT molecular complexity index is 706. The number of carbonyl (C=O) groups excluding carboxylic acids is 1. The van der Waals surface area contributed by atoms with Crippen LogP contribution in [0.2, 0.25) is 0 Å². The van der Waals surface area contributed by atoms with E-state index < -0.39 is 17.0 Å².